The Morgan fingerprint density at radius 2 is 2.14 bits per heavy atom. The Hall–Kier alpha value is -0.990. The van der Waals surface area contributed by atoms with Crippen LogP contribution in [-0.2, 0) is 6.42 Å². The van der Waals surface area contributed by atoms with Crippen LogP contribution in [0.25, 0.3) is 0 Å². The number of rotatable bonds is 3. The molecule has 0 atom stereocenters. The molecule has 3 heteroatoms. The van der Waals surface area contributed by atoms with Crippen LogP contribution in [0.1, 0.15) is 44.2 Å². The second-order valence-corrected chi connectivity index (χ2v) is 4.34. The summed E-state index contributed by atoms with van der Waals surface area (Å²) in [5, 5.41) is 0. The number of nitrogens with one attached hydrogen (secondary N) is 1. The first-order valence-corrected chi connectivity index (χ1v) is 5.64. The summed E-state index contributed by atoms with van der Waals surface area (Å²) in [6.45, 7) is 0. The van der Waals surface area contributed by atoms with E-state index in [1.165, 1.54) is 44.2 Å². The molecular weight excluding hydrogens is 174 g/mol. The van der Waals surface area contributed by atoms with Gasteiger partial charge >= 0.3 is 0 Å². The van der Waals surface area contributed by atoms with E-state index in [0.29, 0.717) is 5.95 Å². The molecule has 14 heavy (non-hydrogen) atoms. The summed E-state index contributed by atoms with van der Waals surface area (Å²) < 4.78 is 0. The van der Waals surface area contributed by atoms with Crippen molar-refractivity contribution in [3.63, 3.8) is 0 Å². The number of nitrogens with zero attached hydrogens (tertiary/aromatic N) is 1. The zero-order valence-electron chi connectivity index (χ0n) is 8.63. The molecule has 1 aliphatic carbocycles. The van der Waals surface area contributed by atoms with Crippen molar-refractivity contribution in [2.45, 2.75) is 44.9 Å². The lowest BCUT2D eigenvalue weighted by atomic mass is 9.86. The van der Waals surface area contributed by atoms with E-state index >= 15 is 0 Å². The van der Waals surface area contributed by atoms with E-state index in [9.17, 15) is 0 Å². The molecule has 3 N–H and O–H groups in total. The first-order valence-electron chi connectivity index (χ1n) is 5.64. The zero-order chi connectivity index (χ0) is 9.80. The third-order valence-corrected chi connectivity index (χ3v) is 3.19. The molecule has 3 nitrogen and oxygen atoms in total. The number of aromatic amines is 1. The molecule has 1 aliphatic rings. The topological polar surface area (TPSA) is 54.7 Å². The summed E-state index contributed by atoms with van der Waals surface area (Å²) in [4.78, 5) is 7.08. The lowest BCUT2D eigenvalue weighted by Gasteiger charge is -2.20. The van der Waals surface area contributed by atoms with Gasteiger partial charge < -0.3 is 10.7 Å². The van der Waals surface area contributed by atoms with Gasteiger partial charge in [-0.25, -0.2) is 4.98 Å². The van der Waals surface area contributed by atoms with Gasteiger partial charge in [-0.3, -0.25) is 0 Å². The van der Waals surface area contributed by atoms with Crippen molar-refractivity contribution in [3.8, 4) is 0 Å². The minimum Gasteiger partial charge on any atom is -0.369 e. The van der Waals surface area contributed by atoms with Crippen molar-refractivity contribution in [2.24, 2.45) is 5.92 Å². The van der Waals surface area contributed by atoms with Gasteiger partial charge in [-0.1, -0.05) is 32.1 Å². The highest BCUT2D eigenvalue weighted by Crippen LogP contribution is 2.27. The summed E-state index contributed by atoms with van der Waals surface area (Å²) in [7, 11) is 0. The minimum atomic E-state index is 0.545. The van der Waals surface area contributed by atoms with Crippen LogP contribution in [0.15, 0.2) is 6.20 Å². The third-order valence-electron chi connectivity index (χ3n) is 3.19. The van der Waals surface area contributed by atoms with Gasteiger partial charge in [0.05, 0.1) is 6.20 Å². The quantitative estimate of drug-likeness (QED) is 0.775. The largest absolute Gasteiger partial charge is 0.369 e. The first-order chi connectivity index (χ1) is 6.84. The number of nitrogens with two attached hydrogens (primary N) is 1. The molecule has 0 aliphatic heterocycles. The first kappa shape index (κ1) is 9.56. The van der Waals surface area contributed by atoms with Gasteiger partial charge in [0.25, 0.3) is 0 Å². The fraction of sp³-hybridized carbons (Fsp3) is 0.727. The standard InChI is InChI=1S/C11H19N3/c12-11-13-8-10(14-11)7-6-9-4-2-1-3-5-9/h8-9H,1-7H2,(H3,12,13,14). The van der Waals surface area contributed by atoms with Gasteiger partial charge in [0.1, 0.15) is 0 Å². The van der Waals surface area contributed by atoms with Crippen LogP contribution in [0.4, 0.5) is 5.95 Å². The SMILES string of the molecule is Nc1ncc(CCC2CCCCC2)[nH]1. The fourth-order valence-electron chi connectivity index (χ4n) is 2.34. The lowest BCUT2D eigenvalue weighted by molar-refractivity contribution is 0.338. The Balaban J connectivity index is 1.76. The van der Waals surface area contributed by atoms with Crippen LogP contribution in [-0.4, -0.2) is 9.97 Å². The summed E-state index contributed by atoms with van der Waals surface area (Å²) >= 11 is 0. The molecule has 0 saturated heterocycles. The maximum absolute atomic E-state index is 5.52. The number of imidazole rings is 1. The van der Waals surface area contributed by atoms with Gasteiger partial charge in [-0.15, -0.1) is 0 Å². The predicted molar refractivity (Wildman–Crippen MR) is 57.9 cm³/mol. The number of anilines is 1. The summed E-state index contributed by atoms with van der Waals surface area (Å²) in [6.07, 6.45) is 11.4. The zero-order valence-corrected chi connectivity index (χ0v) is 8.63. The highest BCUT2D eigenvalue weighted by molar-refractivity contribution is 5.18. The average molecular weight is 193 g/mol. The third kappa shape index (κ3) is 2.50. The van der Waals surface area contributed by atoms with Crippen molar-refractivity contribution in [1.29, 1.82) is 0 Å². The van der Waals surface area contributed by atoms with Crippen LogP contribution in [0.2, 0.25) is 0 Å². The van der Waals surface area contributed by atoms with Crippen LogP contribution in [0.3, 0.4) is 0 Å². The van der Waals surface area contributed by atoms with Gasteiger partial charge in [0, 0.05) is 5.69 Å². The van der Waals surface area contributed by atoms with Gasteiger partial charge in [0.2, 0.25) is 0 Å². The molecule has 1 aromatic rings. The Labute approximate surface area is 85.1 Å². The van der Waals surface area contributed by atoms with E-state index in [1.807, 2.05) is 6.20 Å². The Kier molecular flexibility index (Phi) is 3.07. The minimum absolute atomic E-state index is 0.545. The highest BCUT2D eigenvalue weighted by atomic mass is 15.0. The van der Waals surface area contributed by atoms with E-state index in [4.69, 9.17) is 5.73 Å². The molecule has 0 bridgehead atoms. The molecule has 2 rings (SSSR count). The molecule has 1 saturated carbocycles. The summed E-state index contributed by atoms with van der Waals surface area (Å²) in [6, 6.07) is 0. The number of aryl methyl sites for hydroxylation is 1. The van der Waals surface area contributed by atoms with Gasteiger partial charge in [-0.05, 0) is 18.8 Å². The van der Waals surface area contributed by atoms with Crippen LogP contribution < -0.4 is 5.73 Å². The van der Waals surface area contributed by atoms with Crippen molar-refractivity contribution in [2.75, 3.05) is 5.73 Å². The second kappa shape index (κ2) is 4.49. The highest BCUT2D eigenvalue weighted by Gasteiger charge is 2.13. The molecular formula is C11H19N3. The van der Waals surface area contributed by atoms with E-state index < -0.39 is 0 Å². The molecule has 0 amide bonds. The molecule has 0 aromatic carbocycles. The molecule has 0 radical (unpaired) electrons. The Morgan fingerprint density at radius 1 is 1.36 bits per heavy atom. The van der Waals surface area contributed by atoms with E-state index in [-0.39, 0.29) is 0 Å². The second-order valence-electron chi connectivity index (χ2n) is 4.34. The number of H-pyrrole nitrogens is 1. The van der Waals surface area contributed by atoms with E-state index in [2.05, 4.69) is 9.97 Å². The number of hydrogen-bond donors (Lipinski definition) is 2. The maximum atomic E-state index is 5.52. The molecule has 0 spiro atoms. The summed E-state index contributed by atoms with van der Waals surface area (Å²) in [5.74, 6) is 1.48. The molecule has 78 valence electrons. The molecule has 1 fully saturated rings. The van der Waals surface area contributed by atoms with Crippen LogP contribution >= 0.6 is 0 Å². The van der Waals surface area contributed by atoms with Gasteiger partial charge in [-0.2, -0.15) is 0 Å². The Morgan fingerprint density at radius 3 is 2.79 bits per heavy atom. The van der Waals surface area contributed by atoms with Gasteiger partial charge in [0.15, 0.2) is 5.95 Å². The summed E-state index contributed by atoms with van der Waals surface area (Å²) in [5.41, 5.74) is 6.71. The number of aromatic nitrogens is 2. The molecule has 0 unspecified atom stereocenters. The van der Waals surface area contributed by atoms with Crippen molar-refractivity contribution >= 4 is 5.95 Å². The van der Waals surface area contributed by atoms with Crippen LogP contribution in [0.5, 0.6) is 0 Å². The lowest BCUT2D eigenvalue weighted by Crippen LogP contribution is -2.07. The van der Waals surface area contributed by atoms with Crippen molar-refractivity contribution in [1.82, 2.24) is 9.97 Å². The average Bonchev–Trinajstić information content (AvgIpc) is 2.63. The van der Waals surface area contributed by atoms with Crippen molar-refractivity contribution < 1.29 is 0 Å². The number of hydrogen-bond acceptors (Lipinski definition) is 2. The van der Waals surface area contributed by atoms with Crippen molar-refractivity contribution in [3.05, 3.63) is 11.9 Å². The number of nitrogen functional groups attached to an aromatic ring is 1. The predicted octanol–water partition coefficient (Wildman–Crippen LogP) is 2.50. The fourth-order valence-corrected chi connectivity index (χ4v) is 2.34. The smallest absolute Gasteiger partial charge is 0.197 e. The maximum Gasteiger partial charge on any atom is 0.197 e. The normalized spacial score (nSPS) is 18.6. The monoisotopic (exact) mass is 193 g/mol. The van der Waals surface area contributed by atoms with E-state index in [0.717, 1.165) is 12.3 Å². The molecule has 1 heterocycles. The molecule has 1 aromatic heterocycles. The Bertz CT molecular complexity index is 274. The van der Waals surface area contributed by atoms with E-state index in [1.54, 1.807) is 0 Å². The van der Waals surface area contributed by atoms with Crippen LogP contribution in [0, 0.1) is 5.92 Å².